The second-order valence-corrected chi connectivity index (χ2v) is 5.97. The molecule has 2 aromatic carbocycles. The van der Waals surface area contributed by atoms with Crippen LogP contribution >= 0.6 is 0 Å². The van der Waals surface area contributed by atoms with Crippen molar-refractivity contribution in [2.24, 2.45) is 5.10 Å². The maximum absolute atomic E-state index is 12.9. The molecule has 0 aliphatic heterocycles. The highest BCUT2D eigenvalue weighted by Gasteiger charge is 2.32. The maximum Gasteiger partial charge on any atom is 0.417 e. The molecule has 166 valence electrons. The minimum atomic E-state index is -4.55. The number of ether oxygens (including phenoxy) is 3. The number of halogens is 3. The smallest absolute Gasteiger partial charge is 0.417 e. The molecule has 11 heteroatoms. The van der Waals surface area contributed by atoms with Gasteiger partial charge in [-0.15, -0.1) is 0 Å². The largest absolute Gasteiger partial charge is 0.493 e. The van der Waals surface area contributed by atoms with E-state index in [1.165, 1.54) is 51.7 Å². The lowest BCUT2D eigenvalue weighted by atomic mass is 10.1. The van der Waals surface area contributed by atoms with Crippen molar-refractivity contribution in [2.75, 3.05) is 27.9 Å². The predicted molar refractivity (Wildman–Crippen MR) is 106 cm³/mol. The Balaban J connectivity index is 2.00. The zero-order valence-electron chi connectivity index (χ0n) is 16.9. The van der Waals surface area contributed by atoms with Crippen molar-refractivity contribution in [3.8, 4) is 17.2 Å². The summed E-state index contributed by atoms with van der Waals surface area (Å²) in [5.74, 6) is -0.538. The van der Waals surface area contributed by atoms with E-state index < -0.39 is 30.1 Å². The molecular formula is C20H20F3N3O5. The first kappa shape index (κ1) is 23.5. The highest BCUT2D eigenvalue weighted by atomic mass is 19.4. The van der Waals surface area contributed by atoms with Crippen LogP contribution in [0.4, 0.5) is 13.2 Å². The number of methoxy groups -OCH3 is 3. The van der Waals surface area contributed by atoms with E-state index in [9.17, 15) is 22.8 Å². The van der Waals surface area contributed by atoms with Crippen LogP contribution in [-0.4, -0.2) is 45.9 Å². The van der Waals surface area contributed by atoms with Gasteiger partial charge in [-0.1, -0.05) is 18.2 Å². The number of benzene rings is 2. The van der Waals surface area contributed by atoms with Crippen molar-refractivity contribution in [1.82, 2.24) is 10.7 Å². The SMILES string of the molecule is COc1cc(C(=O)NCC(=O)N/N=C\c2ccccc2C(F)(F)F)cc(OC)c1OC. The molecule has 0 aliphatic carbocycles. The number of alkyl halides is 3. The number of nitrogens with one attached hydrogen (secondary N) is 2. The number of rotatable bonds is 8. The molecule has 0 saturated carbocycles. The normalized spacial score (nSPS) is 11.2. The molecule has 8 nitrogen and oxygen atoms in total. The molecule has 2 rings (SSSR count). The topological polar surface area (TPSA) is 98.2 Å². The third-order valence-corrected chi connectivity index (χ3v) is 4.00. The van der Waals surface area contributed by atoms with Gasteiger partial charge in [0, 0.05) is 11.1 Å². The van der Waals surface area contributed by atoms with E-state index in [0.717, 1.165) is 12.3 Å². The van der Waals surface area contributed by atoms with Gasteiger partial charge in [-0.25, -0.2) is 5.43 Å². The van der Waals surface area contributed by atoms with E-state index >= 15 is 0 Å². The molecular weight excluding hydrogens is 419 g/mol. The van der Waals surface area contributed by atoms with Gasteiger partial charge in [-0.05, 0) is 18.2 Å². The molecule has 0 heterocycles. The molecule has 0 bridgehead atoms. The highest BCUT2D eigenvalue weighted by molar-refractivity contribution is 5.97. The minimum absolute atomic E-state index is 0.143. The Kier molecular flexibility index (Phi) is 7.83. The van der Waals surface area contributed by atoms with E-state index in [2.05, 4.69) is 15.8 Å². The molecule has 2 amide bonds. The van der Waals surface area contributed by atoms with Gasteiger partial charge in [-0.3, -0.25) is 9.59 Å². The van der Waals surface area contributed by atoms with Crippen LogP contribution in [0.1, 0.15) is 21.5 Å². The number of amides is 2. The van der Waals surface area contributed by atoms with Crippen molar-refractivity contribution in [3.63, 3.8) is 0 Å². The summed E-state index contributed by atoms with van der Waals surface area (Å²) in [5, 5.41) is 5.88. The van der Waals surface area contributed by atoms with Crippen molar-refractivity contribution in [1.29, 1.82) is 0 Å². The molecule has 0 atom stereocenters. The van der Waals surface area contributed by atoms with Gasteiger partial charge in [0.1, 0.15) is 0 Å². The monoisotopic (exact) mass is 439 g/mol. The fraction of sp³-hybridized carbons (Fsp3) is 0.250. The summed E-state index contributed by atoms with van der Waals surface area (Å²) in [5.41, 5.74) is 1.11. The molecule has 0 aromatic heterocycles. The molecule has 0 spiro atoms. The van der Waals surface area contributed by atoms with E-state index in [-0.39, 0.29) is 22.6 Å². The summed E-state index contributed by atoms with van der Waals surface area (Å²) in [6, 6.07) is 7.58. The zero-order chi connectivity index (χ0) is 23.0. The van der Waals surface area contributed by atoms with Crippen LogP contribution in [0.25, 0.3) is 0 Å². The first-order chi connectivity index (χ1) is 14.7. The van der Waals surface area contributed by atoms with Crippen LogP contribution in [-0.2, 0) is 11.0 Å². The average Bonchev–Trinajstić information content (AvgIpc) is 2.75. The summed E-state index contributed by atoms with van der Waals surface area (Å²) in [4.78, 5) is 24.2. The Morgan fingerprint density at radius 1 is 1.03 bits per heavy atom. The van der Waals surface area contributed by atoms with Gasteiger partial charge in [0.05, 0.1) is 39.7 Å². The van der Waals surface area contributed by atoms with Crippen molar-refractivity contribution < 1.29 is 37.0 Å². The van der Waals surface area contributed by atoms with Gasteiger partial charge in [0.15, 0.2) is 11.5 Å². The number of hydrogen-bond acceptors (Lipinski definition) is 6. The molecule has 31 heavy (non-hydrogen) atoms. The second kappa shape index (κ2) is 10.3. The lowest BCUT2D eigenvalue weighted by Crippen LogP contribution is -2.35. The standard InChI is InChI=1S/C20H20F3N3O5/c1-29-15-8-13(9-16(30-2)18(15)31-3)19(28)24-11-17(27)26-25-10-12-6-4-5-7-14(12)20(21,22)23/h4-10H,11H2,1-3H3,(H,24,28)(H,26,27)/b25-10-. The second-order valence-electron chi connectivity index (χ2n) is 5.97. The van der Waals surface area contributed by atoms with E-state index in [1.807, 2.05) is 0 Å². The van der Waals surface area contributed by atoms with Crippen LogP contribution in [0.2, 0.25) is 0 Å². The molecule has 2 N–H and O–H groups in total. The summed E-state index contributed by atoms with van der Waals surface area (Å²) in [6.07, 6.45) is -3.68. The summed E-state index contributed by atoms with van der Waals surface area (Å²) in [7, 11) is 4.20. The van der Waals surface area contributed by atoms with E-state index in [4.69, 9.17) is 14.2 Å². The molecule has 0 aliphatic rings. The van der Waals surface area contributed by atoms with Crippen molar-refractivity contribution >= 4 is 18.0 Å². The Hall–Kier alpha value is -3.76. The first-order valence-electron chi connectivity index (χ1n) is 8.77. The fourth-order valence-corrected chi connectivity index (χ4v) is 2.56. The van der Waals surface area contributed by atoms with Crippen LogP contribution in [0.3, 0.4) is 0 Å². The minimum Gasteiger partial charge on any atom is -0.493 e. The van der Waals surface area contributed by atoms with Gasteiger partial charge < -0.3 is 19.5 Å². The Morgan fingerprint density at radius 3 is 2.19 bits per heavy atom. The average molecular weight is 439 g/mol. The summed E-state index contributed by atoms with van der Waals surface area (Å²) < 4.78 is 54.3. The quantitative estimate of drug-likeness (QED) is 0.487. The van der Waals surface area contributed by atoms with E-state index in [1.54, 1.807) is 0 Å². The molecule has 0 fully saturated rings. The number of hydrogen-bond donors (Lipinski definition) is 2. The van der Waals surface area contributed by atoms with Crippen molar-refractivity contribution in [2.45, 2.75) is 6.18 Å². The fourth-order valence-electron chi connectivity index (χ4n) is 2.56. The van der Waals surface area contributed by atoms with Crippen molar-refractivity contribution in [3.05, 3.63) is 53.1 Å². The summed E-state index contributed by atoms with van der Waals surface area (Å²) >= 11 is 0. The number of hydrazone groups is 1. The number of carbonyl (C=O) groups excluding carboxylic acids is 2. The summed E-state index contributed by atoms with van der Waals surface area (Å²) in [6.45, 7) is -0.465. The Labute approximate surface area is 176 Å². The first-order valence-corrected chi connectivity index (χ1v) is 8.77. The van der Waals surface area contributed by atoms with Crippen LogP contribution in [0.15, 0.2) is 41.5 Å². The molecule has 2 aromatic rings. The molecule has 0 radical (unpaired) electrons. The third-order valence-electron chi connectivity index (χ3n) is 4.00. The number of nitrogens with zero attached hydrogens (tertiary/aromatic N) is 1. The number of carbonyl (C=O) groups is 2. The zero-order valence-corrected chi connectivity index (χ0v) is 16.9. The van der Waals surface area contributed by atoms with E-state index in [0.29, 0.717) is 5.75 Å². The third kappa shape index (κ3) is 6.11. The van der Waals surface area contributed by atoms with Gasteiger partial charge in [-0.2, -0.15) is 18.3 Å². The Bertz CT molecular complexity index is 952. The lowest BCUT2D eigenvalue weighted by Gasteiger charge is -2.14. The molecule has 0 unspecified atom stereocenters. The lowest BCUT2D eigenvalue weighted by molar-refractivity contribution is -0.137. The van der Waals surface area contributed by atoms with Gasteiger partial charge in [0.2, 0.25) is 5.75 Å². The van der Waals surface area contributed by atoms with Crippen LogP contribution in [0.5, 0.6) is 17.2 Å². The van der Waals surface area contributed by atoms with Crippen LogP contribution in [0, 0.1) is 0 Å². The van der Waals surface area contributed by atoms with Crippen LogP contribution < -0.4 is 25.0 Å². The Morgan fingerprint density at radius 2 is 1.65 bits per heavy atom. The maximum atomic E-state index is 12.9. The van der Waals surface area contributed by atoms with Gasteiger partial charge in [0.25, 0.3) is 11.8 Å². The predicted octanol–water partition coefficient (Wildman–Crippen LogP) is 2.61. The van der Waals surface area contributed by atoms with Gasteiger partial charge >= 0.3 is 6.18 Å². The highest BCUT2D eigenvalue weighted by Crippen LogP contribution is 2.38. The molecule has 0 saturated heterocycles.